The number of nitrogens with zero attached hydrogens (tertiary/aromatic N) is 1. The van der Waals surface area contributed by atoms with Gasteiger partial charge in [-0.05, 0) is 50.2 Å². The Morgan fingerprint density at radius 3 is 2.40 bits per heavy atom. The van der Waals surface area contributed by atoms with Crippen molar-refractivity contribution < 1.29 is 13.2 Å². The number of benzene rings is 1. The van der Waals surface area contributed by atoms with Gasteiger partial charge in [0.2, 0.25) is 10.0 Å². The molecule has 1 aromatic heterocycles. The van der Waals surface area contributed by atoms with Crippen LogP contribution >= 0.6 is 12.4 Å². The molecule has 0 saturated carbocycles. The lowest BCUT2D eigenvalue weighted by atomic mass is 10.2. The van der Waals surface area contributed by atoms with Crippen LogP contribution in [-0.2, 0) is 16.6 Å². The second-order valence-electron chi connectivity index (χ2n) is 5.49. The van der Waals surface area contributed by atoms with Crippen molar-refractivity contribution in [1.82, 2.24) is 9.71 Å². The predicted molar refractivity (Wildman–Crippen MR) is 99.2 cm³/mol. The van der Waals surface area contributed by atoms with Crippen molar-refractivity contribution in [2.45, 2.75) is 31.3 Å². The lowest BCUT2D eigenvalue weighted by Gasteiger charge is -2.10. The molecule has 0 aliphatic heterocycles. The highest BCUT2D eigenvalue weighted by molar-refractivity contribution is 7.89. The molecule has 136 valence electrons. The first-order valence-electron chi connectivity index (χ1n) is 7.40. The normalized spacial score (nSPS) is 11.0. The second kappa shape index (κ2) is 8.91. The van der Waals surface area contributed by atoms with Crippen LogP contribution in [0.4, 0.5) is 5.69 Å². The molecule has 9 heteroatoms. The minimum absolute atomic E-state index is 0. The zero-order valence-corrected chi connectivity index (χ0v) is 15.5. The van der Waals surface area contributed by atoms with Crippen molar-refractivity contribution in [3.63, 3.8) is 0 Å². The van der Waals surface area contributed by atoms with E-state index < -0.39 is 10.0 Å². The van der Waals surface area contributed by atoms with Gasteiger partial charge in [0.15, 0.2) is 0 Å². The Hall–Kier alpha value is -2.00. The third-order valence-corrected chi connectivity index (χ3v) is 4.78. The smallest absolute Gasteiger partial charge is 0.255 e. The fraction of sp³-hybridized carbons (Fsp3) is 0.250. The number of aromatic nitrogens is 1. The van der Waals surface area contributed by atoms with Gasteiger partial charge in [0, 0.05) is 30.0 Å². The average Bonchev–Trinajstić information content (AvgIpc) is 2.54. The summed E-state index contributed by atoms with van der Waals surface area (Å²) in [6, 6.07) is 8.96. The number of anilines is 1. The highest BCUT2D eigenvalue weighted by atomic mass is 35.5. The summed E-state index contributed by atoms with van der Waals surface area (Å²) in [7, 11) is -3.55. The number of pyridine rings is 1. The maximum absolute atomic E-state index is 12.2. The summed E-state index contributed by atoms with van der Waals surface area (Å²) in [5, 5.41) is 2.71. The molecule has 2 rings (SSSR count). The van der Waals surface area contributed by atoms with Gasteiger partial charge >= 0.3 is 0 Å². The van der Waals surface area contributed by atoms with Gasteiger partial charge in [-0.15, -0.1) is 12.4 Å². The van der Waals surface area contributed by atoms with Gasteiger partial charge in [-0.25, -0.2) is 13.1 Å². The summed E-state index contributed by atoms with van der Waals surface area (Å²) >= 11 is 0. The SMILES string of the molecule is CC(C)NS(=O)(=O)c1ccc(NC(=O)c2ccnc(CN)c2)cc1.Cl. The van der Waals surface area contributed by atoms with E-state index in [0.717, 1.165) is 0 Å². The summed E-state index contributed by atoms with van der Waals surface area (Å²) in [6.45, 7) is 3.74. The largest absolute Gasteiger partial charge is 0.325 e. The Balaban J connectivity index is 0.00000312. The standard InChI is InChI=1S/C16H20N4O3S.ClH/c1-11(2)20-24(22,23)15-5-3-13(4-6-15)19-16(21)12-7-8-18-14(9-12)10-17;/h3-9,11,20H,10,17H2,1-2H3,(H,19,21);1H. The predicted octanol–water partition coefficient (Wildman–Crippen LogP) is 1.90. The molecular formula is C16H21ClN4O3S. The maximum Gasteiger partial charge on any atom is 0.255 e. The number of rotatable bonds is 6. The van der Waals surface area contributed by atoms with Crippen LogP contribution < -0.4 is 15.8 Å². The van der Waals surface area contributed by atoms with Crippen molar-refractivity contribution in [3.05, 3.63) is 53.9 Å². The van der Waals surface area contributed by atoms with Crippen LogP contribution in [-0.4, -0.2) is 25.4 Å². The van der Waals surface area contributed by atoms with Gasteiger partial charge in [-0.3, -0.25) is 9.78 Å². The zero-order valence-electron chi connectivity index (χ0n) is 13.9. The number of sulfonamides is 1. The first-order valence-corrected chi connectivity index (χ1v) is 8.89. The molecule has 1 aromatic carbocycles. The second-order valence-corrected chi connectivity index (χ2v) is 7.21. The third-order valence-electron chi connectivity index (χ3n) is 3.10. The van der Waals surface area contributed by atoms with E-state index in [2.05, 4.69) is 15.0 Å². The maximum atomic E-state index is 12.2. The topological polar surface area (TPSA) is 114 Å². The minimum atomic E-state index is -3.55. The quantitative estimate of drug-likeness (QED) is 0.703. The van der Waals surface area contributed by atoms with E-state index in [1.165, 1.54) is 30.5 Å². The number of nitrogens with two attached hydrogens (primary N) is 1. The Morgan fingerprint density at radius 2 is 1.84 bits per heavy atom. The molecule has 4 N–H and O–H groups in total. The van der Waals surface area contributed by atoms with Crippen LogP contribution in [0.3, 0.4) is 0 Å². The highest BCUT2D eigenvalue weighted by Gasteiger charge is 2.15. The van der Waals surface area contributed by atoms with E-state index in [1.54, 1.807) is 26.0 Å². The molecule has 2 aromatic rings. The average molecular weight is 385 g/mol. The van der Waals surface area contributed by atoms with Crippen LogP contribution in [0, 0.1) is 0 Å². The van der Waals surface area contributed by atoms with Crippen LogP contribution in [0.15, 0.2) is 47.5 Å². The van der Waals surface area contributed by atoms with Crippen LogP contribution in [0.25, 0.3) is 0 Å². The fourth-order valence-corrected chi connectivity index (χ4v) is 3.28. The van der Waals surface area contributed by atoms with Crippen molar-refractivity contribution in [2.24, 2.45) is 5.73 Å². The molecular weight excluding hydrogens is 364 g/mol. The zero-order chi connectivity index (χ0) is 17.7. The van der Waals surface area contributed by atoms with Crippen molar-refractivity contribution in [2.75, 3.05) is 5.32 Å². The van der Waals surface area contributed by atoms with Gasteiger partial charge in [0.1, 0.15) is 0 Å². The minimum Gasteiger partial charge on any atom is -0.325 e. The lowest BCUT2D eigenvalue weighted by molar-refractivity contribution is 0.102. The Bertz CT molecular complexity index is 824. The Morgan fingerprint density at radius 1 is 1.20 bits per heavy atom. The lowest BCUT2D eigenvalue weighted by Crippen LogP contribution is -2.30. The van der Waals surface area contributed by atoms with E-state index in [-0.39, 0.29) is 35.8 Å². The molecule has 0 bridgehead atoms. The molecule has 0 radical (unpaired) electrons. The molecule has 0 unspecified atom stereocenters. The van der Waals surface area contributed by atoms with Gasteiger partial charge in [-0.1, -0.05) is 0 Å². The summed E-state index contributed by atoms with van der Waals surface area (Å²) in [6.07, 6.45) is 1.52. The number of nitrogens with one attached hydrogen (secondary N) is 2. The summed E-state index contributed by atoms with van der Waals surface area (Å²) in [4.78, 5) is 16.4. The van der Waals surface area contributed by atoms with E-state index in [0.29, 0.717) is 16.9 Å². The molecule has 25 heavy (non-hydrogen) atoms. The molecule has 0 fully saturated rings. The summed E-state index contributed by atoms with van der Waals surface area (Å²) in [5.41, 5.74) is 7.05. The van der Waals surface area contributed by atoms with Crippen LogP contribution in [0.2, 0.25) is 0 Å². The van der Waals surface area contributed by atoms with Gasteiger partial charge in [0.25, 0.3) is 5.91 Å². The van der Waals surface area contributed by atoms with E-state index in [9.17, 15) is 13.2 Å². The van der Waals surface area contributed by atoms with Crippen molar-refractivity contribution >= 4 is 34.0 Å². The molecule has 7 nitrogen and oxygen atoms in total. The number of carbonyl (C=O) groups is 1. The van der Waals surface area contributed by atoms with E-state index in [4.69, 9.17) is 5.73 Å². The number of hydrogen-bond acceptors (Lipinski definition) is 5. The number of amides is 1. The molecule has 0 atom stereocenters. The Kier molecular flexibility index (Phi) is 7.50. The highest BCUT2D eigenvalue weighted by Crippen LogP contribution is 2.15. The number of halogens is 1. The van der Waals surface area contributed by atoms with Crippen LogP contribution in [0.5, 0.6) is 0 Å². The van der Waals surface area contributed by atoms with Crippen molar-refractivity contribution in [3.8, 4) is 0 Å². The molecule has 0 aliphatic rings. The summed E-state index contributed by atoms with van der Waals surface area (Å²) in [5.74, 6) is -0.317. The Labute approximate surface area is 153 Å². The number of hydrogen-bond donors (Lipinski definition) is 3. The van der Waals surface area contributed by atoms with Gasteiger partial charge in [0.05, 0.1) is 10.6 Å². The summed E-state index contributed by atoms with van der Waals surface area (Å²) < 4.78 is 26.6. The molecule has 0 aliphatic carbocycles. The molecule has 0 spiro atoms. The van der Waals surface area contributed by atoms with E-state index >= 15 is 0 Å². The van der Waals surface area contributed by atoms with Crippen LogP contribution in [0.1, 0.15) is 29.9 Å². The molecule has 1 amide bonds. The monoisotopic (exact) mass is 384 g/mol. The van der Waals surface area contributed by atoms with Crippen molar-refractivity contribution in [1.29, 1.82) is 0 Å². The van der Waals surface area contributed by atoms with Gasteiger partial charge < -0.3 is 11.1 Å². The first-order chi connectivity index (χ1) is 11.3. The fourth-order valence-electron chi connectivity index (χ4n) is 2.03. The van der Waals surface area contributed by atoms with E-state index in [1.807, 2.05) is 0 Å². The molecule has 1 heterocycles. The first kappa shape index (κ1) is 21.0. The van der Waals surface area contributed by atoms with Gasteiger partial charge in [-0.2, -0.15) is 0 Å². The third kappa shape index (κ3) is 5.79. The number of carbonyl (C=O) groups excluding carboxylic acids is 1. The molecule has 0 saturated heterocycles.